The smallest absolute Gasteiger partial charge is 0.283 e. The lowest BCUT2D eigenvalue weighted by molar-refractivity contribution is 0.212. The van der Waals surface area contributed by atoms with Crippen LogP contribution in [0.15, 0.2) is 0 Å². The number of hydrogen-bond donors (Lipinski definition) is 1. The summed E-state index contributed by atoms with van der Waals surface area (Å²) in [6.07, 6.45) is 0. The molecule has 0 atom stereocenters. The van der Waals surface area contributed by atoms with Crippen molar-refractivity contribution < 1.29 is 17.5 Å². The van der Waals surface area contributed by atoms with Crippen LogP contribution >= 0.6 is 7.49 Å². The molecule has 0 radical (unpaired) electrons. The van der Waals surface area contributed by atoms with Gasteiger partial charge in [-0.2, -0.15) is 8.42 Å². The van der Waals surface area contributed by atoms with Crippen molar-refractivity contribution in [2.75, 3.05) is 25.4 Å². The van der Waals surface area contributed by atoms with Gasteiger partial charge in [-0.15, -0.1) is 0 Å². The fourth-order valence-corrected chi connectivity index (χ4v) is 4.98. The quantitative estimate of drug-likeness (QED) is 0.606. The summed E-state index contributed by atoms with van der Waals surface area (Å²) in [6, 6.07) is 0. The van der Waals surface area contributed by atoms with Crippen molar-refractivity contribution in [2.24, 2.45) is 5.41 Å². The normalized spacial score (nSPS) is 14.4. The molecule has 0 aromatic rings. The van der Waals surface area contributed by atoms with E-state index in [4.69, 9.17) is 9.08 Å². The fourth-order valence-electron chi connectivity index (χ4n) is 0.799. The van der Waals surface area contributed by atoms with E-state index in [1.54, 1.807) is 13.3 Å². The van der Waals surface area contributed by atoms with E-state index >= 15 is 0 Å². The molecule has 0 aliphatic heterocycles. The van der Waals surface area contributed by atoms with Crippen molar-refractivity contribution in [3.05, 3.63) is 0 Å². The van der Waals surface area contributed by atoms with Crippen LogP contribution in [0.2, 0.25) is 0 Å². The molecule has 86 valence electrons. The molecule has 14 heavy (non-hydrogen) atoms. The van der Waals surface area contributed by atoms with E-state index in [1.165, 1.54) is 0 Å². The Labute approximate surface area is 87.2 Å². The Kier molecular flexibility index (Phi) is 4.53. The summed E-state index contributed by atoms with van der Waals surface area (Å²) in [4.78, 5) is 0. The molecule has 1 N–H and O–H groups in total. The van der Waals surface area contributed by atoms with Gasteiger partial charge in [0.25, 0.3) is 0 Å². The van der Waals surface area contributed by atoms with Crippen molar-refractivity contribution in [3.8, 4) is 0 Å². The molecule has 0 bridgehead atoms. The highest BCUT2D eigenvalue weighted by Crippen LogP contribution is 2.53. The maximum atomic E-state index is 10.7. The molecular formula is C8H20O4PS+. The molecule has 4 nitrogen and oxygen atoms in total. The zero-order valence-electron chi connectivity index (χ0n) is 9.44. The van der Waals surface area contributed by atoms with E-state index in [1.807, 2.05) is 20.8 Å². The minimum Gasteiger partial charge on any atom is -0.283 e. The average molecular weight is 243 g/mol. The van der Waals surface area contributed by atoms with Crippen LogP contribution in [0, 0.1) is 5.41 Å². The van der Waals surface area contributed by atoms with E-state index in [2.05, 4.69) is 0 Å². The van der Waals surface area contributed by atoms with E-state index in [0.717, 1.165) is 0 Å². The zero-order valence-corrected chi connectivity index (χ0v) is 11.2. The molecule has 0 aromatic heterocycles. The second kappa shape index (κ2) is 4.44. The Balaban J connectivity index is 4.23. The third kappa shape index (κ3) is 8.88. The maximum Gasteiger partial charge on any atom is 0.302 e. The van der Waals surface area contributed by atoms with Crippen molar-refractivity contribution in [1.29, 1.82) is 0 Å². The second-order valence-electron chi connectivity index (χ2n) is 5.12. The number of hydrogen-bond acceptors (Lipinski definition) is 3. The van der Waals surface area contributed by atoms with Crippen molar-refractivity contribution in [3.63, 3.8) is 0 Å². The fraction of sp³-hybridized carbons (Fsp3) is 1.00. The van der Waals surface area contributed by atoms with Gasteiger partial charge >= 0.3 is 10.1 Å². The van der Waals surface area contributed by atoms with Crippen LogP contribution in [0.5, 0.6) is 0 Å². The van der Waals surface area contributed by atoms with Gasteiger partial charge in [-0.1, -0.05) is 20.8 Å². The predicted molar refractivity (Wildman–Crippen MR) is 60.6 cm³/mol. The van der Waals surface area contributed by atoms with Crippen LogP contribution in [-0.4, -0.2) is 38.4 Å². The van der Waals surface area contributed by atoms with Crippen LogP contribution < -0.4 is 0 Å². The topological polar surface area (TPSA) is 63.6 Å². The molecule has 0 heterocycles. The molecule has 0 aliphatic rings. The Morgan fingerprint density at radius 3 is 2.00 bits per heavy atom. The highest BCUT2D eigenvalue weighted by molar-refractivity contribution is 7.96. The lowest BCUT2D eigenvalue weighted by Crippen LogP contribution is -2.18. The molecule has 0 aromatic carbocycles. The Hall–Kier alpha value is 0.300. The van der Waals surface area contributed by atoms with Gasteiger partial charge < -0.3 is 0 Å². The molecule has 0 spiro atoms. The average Bonchev–Trinajstić information content (AvgIpc) is 1.76. The van der Waals surface area contributed by atoms with Gasteiger partial charge in [0.2, 0.25) is 5.49 Å². The van der Waals surface area contributed by atoms with E-state index in [9.17, 15) is 8.42 Å². The molecular weight excluding hydrogens is 223 g/mol. The summed E-state index contributed by atoms with van der Waals surface area (Å²) < 4.78 is 35.6. The first kappa shape index (κ1) is 14.3. The van der Waals surface area contributed by atoms with Gasteiger partial charge in [0.05, 0.1) is 19.9 Å². The molecule has 0 saturated heterocycles. The van der Waals surface area contributed by atoms with Gasteiger partial charge in [-0.3, -0.25) is 4.55 Å². The Bertz CT molecular complexity index is 276. The van der Waals surface area contributed by atoms with Crippen molar-refractivity contribution in [1.82, 2.24) is 0 Å². The van der Waals surface area contributed by atoms with Crippen molar-refractivity contribution >= 4 is 17.6 Å². The molecule has 0 rings (SSSR count). The summed E-state index contributed by atoms with van der Waals surface area (Å²) in [5, 5.41) is 0. The second-order valence-corrected chi connectivity index (χ2v) is 10.7. The third-order valence-electron chi connectivity index (χ3n) is 1.32. The monoisotopic (exact) mass is 243 g/mol. The van der Waals surface area contributed by atoms with Gasteiger partial charge in [0.1, 0.15) is 0 Å². The maximum absolute atomic E-state index is 10.7. The highest BCUT2D eigenvalue weighted by Gasteiger charge is 2.35. The van der Waals surface area contributed by atoms with Crippen LogP contribution in [0.4, 0.5) is 0 Å². The molecule has 0 fully saturated rings. The summed E-state index contributed by atoms with van der Waals surface area (Å²) >= 11 is 0. The van der Waals surface area contributed by atoms with Crippen LogP contribution in [-0.2, 0) is 14.6 Å². The lowest BCUT2D eigenvalue weighted by Gasteiger charge is -2.22. The van der Waals surface area contributed by atoms with Crippen LogP contribution in [0.1, 0.15) is 20.8 Å². The summed E-state index contributed by atoms with van der Waals surface area (Å²) in [6.45, 7) is 10.1. The van der Waals surface area contributed by atoms with Gasteiger partial charge in [0, 0.05) is 0 Å². The first-order valence-electron chi connectivity index (χ1n) is 4.34. The summed E-state index contributed by atoms with van der Waals surface area (Å²) in [5.41, 5.74) is -0.257. The van der Waals surface area contributed by atoms with E-state index in [-0.39, 0.29) is 10.9 Å². The van der Waals surface area contributed by atoms with Gasteiger partial charge in [-0.05, 0) is 5.41 Å². The first-order valence-corrected chi connectivity index (χ1v) is 8.74. The highest BCUT2D eigenvalue weighted by atomic mass is 32.2. The minimum atomic E-state index is -3.93. The largest absolute Gasteiger partial charge is 0.302 e. The Morgan fingerprint density at radius 2 is 1.71 bits per heavy atom. The zero-order chi connectivity index (χ0) is 11.6. The standard InChI is InChI=1S/C8H19O4PS/c1-8(2,3)6-12-13(4,5)7-14(9,10)11/h6-7H2,1-5H3/p+1. The van der Waals surface area contributed by atoms with Crippen LogP contribution in [0.3, 0.4) is 0 Å². The van der Waals surface area contributed by atoms with Crippen LogP contribution in [0.25, 0.3) is 0 Å². The Morgan fingerprint density at radius 1 is 1.29 bits per heavy atom. The van der Waals surface area contributed by atoms with Crippen molar-refractivity contribution in [2.45, 2.75) is 20.8 Å². The number of rotatable bonds is 4. The molecule has 0 saturated carbocycles. The predicted octanol–water partition coefficient (Wildman–Crippen LogP) is 2.09. The minimum absolute atomic E-state index is 0.0104. The van der Waals surface area contributed by atoms with Gasteiger partial charge in [0.15, 0.2) is 7.49 Å². The van der Waals surface area contributed by atoms with Gasteiger partial charge in [-0.25, -0.2) is 4.52 Å². The first-order chi connectivity index (χ1) is 5.91. The summed E-state index contributed by atoms with van der Waals surface area (Å²) in [7, 11) is -5.92. The molecule has 0 amide bonds. The lowest BCUT2D eigenvalue weighted by atomic mass is 9.99. The van der Waals surface area contributed by atoms with E-state index in [0.29, 0.717) is 6.61 Å². The van der Waals surface area contributed by atoms with E-state index < -0.39 is 17.6 Å². The SMILES string of the molecule is CC(C)(C)CO[P+](C)(C)CS(=O)(=O)O. The molecule has 0 aliphatic carbocycles. The summed E-state index contributed by atoms with van der Waals surface area (Å²) in [5.74, 6) is 0. The third-order valence-corrected chi connectivity index (χ3v) is 5.94. The molecule has 0 unspecified atom stereocenters. The molecule has 6 heteroatoms.